The first kappa shape index (κ1) is 19.1. The Hall–Kier alpha value is -3.68. The molecule has 8 heteroatoms. The summed E-state index contributed by atoms with van der Waals surface area (Å²) in [6.07, 6.45) is 1.34. The van der Waals surface area contributed by atoms with Gasteiger partial charge in [0.1, 0.15) is 22.9 Å². The van der Waals surface area contributed by atoms with Crippen molar-refractivity contribution in [1.82, 2.24) is 5.32 Å². The van der Waals surface area contributed by atoms with Crippen molar-refractivity contribution >= 4 is 29.6 Å². The highest BCUT2D eigenvalue weighted by molar-refractivity contribution is 6.39. The Labute approximate surface area is 160 Å². The van der Waals surface area contributed by atoms with Crippen molar-refractivity contribution in [3.05, 3.63) is 58.9 Å². The van der Waals surface area contributed by atoms with Gasteiger partial charge in [-0.25, -0.2) is 14.1 Å². The molecule has 0 radical (unpaired) electrons. The molecule has 144 valence electrons. The van der Waals surface area contributed by atoms with Gasteiger partial charge < -0.3 is 9.47 Å². The maximum Gasteiger partial charge on any atom is 0.335 e. The topological polar surface area (TPSA) is 84.9 Å². The number of ether oxygens (including phenoxy) is 2. The van der Waals surface area contributed by atoms with Crippen LogP contribution >= 0.6 is 0 Å². The third kappa shape index (κ3) is 3.32. The molecule has 1 N–H and O–H groups in total. The molecule has 3 rings (SSSR count). The number of nitrogens with one attached hydrogen (secondary N) is 1. The number of imide groups is 2. The van der Waals surface area contributed by atoms with Crippen LogP contribution in [-0.4, -0.2) is 32.1 Å². The summed E-state index contributed by atoms with van der Waals surface area (Å²) in [6, 6.07) is 7.19. The number of carbonyl (C=O) groups is 3. The average molecular weight is 384 g/mol. The molecule has 28 heavy (non-hydrogen) atoms. The monoisotopic (exact) mass is 384 g/mol. The molecule has 0 unspecified atom stereocenters. The Bertz CT molecular complexity index is 998. The van der Waals surface area contributed by atoms with Crippen LogP contribution in [0.5, 0.6) is 11.5 Å². The van der Waals surface area contributed by atoms with Crippen LogP contribution in [0.4, 0.5) is 14.9 Å². The van der Waals surface area contributed by atoms with Crippen LogP contribution in [0.3, 0.4) is 0 Å². The fourth-order valence-corrected chi connectivity index (χ4v) is 2.94. The third-order valence-electron chi connectivity index (χ3n) is 4.30. The van der Waals surface area contributed by atoms with Gasteiger partial charge in [0.05, 0.1) is 19.9 Å². The van der Waals surface area contributed by atoms with Crippen LogP contribution in [0.25, 0.3) is 6.08 Å². The van der Waals surface area contributed by atoms with Crippen LogP contribution < -0.4 is 19.7 Å². The van der Waals surface area contributed by atoms with E-state index < -0.39 is 23.7 Å². The summed E-state index contributed by atoms with van der Waals surface area (Å²) in [5.41, 5.74) is 1.04. The van der Waals surface area contributed by atoms with Gasteiger partial charge in [-0.15, -0.1) is 0 Å². The van der Waals surface area contributed by atoms with Crippen LogP contribution in [0.2, 0.25) is 0 Å². The Morgan fingerprint density at radius 1 is 1.00 bits per heavy atom. The van der Waals surface area contributed by atoms with Gasteiger partial charge in [0, 0.05) is 11.1 Å². The molecule has 1 fully saturated rings. The van der Waals surface area contributed by atoms with Gasteiger partial charge in [-0.3, -0.25) is 14.9 Å². The lowest BCUT2D eigenvalue weighted by Gasteiger charge is -2.26. The number of methoxy groups -OCH3 is 2. The van der Waals surface area contributed by atoms with E-state index in [0.29, 0.717) is 22.6 Å². The van der Waals surface area contributed by atoms with Gasteiger partial charge in [0.15, 0.2) is 0 Å². The number of anilines is 1. The standard InChI is InChI=1S/C20H17FN2O5/c1-11-16(27-2)9-4-12(17(11)28-3)10-15-18(24)22-20(26)23(19(15)25)14-7-5-13(21)6-8-14/h4-10H,1-3H3,(H,22,24,26)/b15-10-. The number of hydrogen-bond acceptors (Lipinski definition) is 5. The SMILES string of the molecule is COc1ccc(/C=C2/C(=O)NC(=O)N(c3ccc(F)cc3)C2=O)c(OC)c1C. The summed E-state index contributed by atoms with van der Waals surface area (Å²) in [6.45, 7) is 1.77. The van der Waals surface area contributed by atoms with Gasteiger partial charge in [0.25, 0.3) is 11.8 Å². The molecule has 0 spiro atoms. The molecule has 0 aliphatic carbocycles. The molecule has 1 aliphatic heterocycles. The highest BCUT2D eigenvalue weighted by Gasteiger charge is 2.37. The van der Waals surface area contributed by atoms with Crippen molar-refractivity contribution in [1.29, 1.82) is 0 Å². The lowest BCUT2D eigenvalue weighted by molar-refractivity contribution is -0.122. The van der Waals surface area contributed by atoms with E-state index in [0.717, 1.165) is 17.0 Å². The minimum absolute atomic E-state index is 0.139. The maximum absolute atomic E-state index is 13.2. The molecule has 7 nitrogen and oxygen atoms in total. The number of carbonyl (C=O) groups excluding carboxylic acids is 3. The number of urea groups is 1. The zero-order valence-corrected chi connectivity index (χ0v) is 15.4. The van der Waals surface area contributed by atoms with Gasteiger partial charge in [-0.1, -0.05) is 0 Å². The second kappa shape index (κ2) is 7.51. The van der Waals surface area contributed by atoms with E-state index in [-0.39, 0.29) is 11.3 Å². The summed E-state index contributed by atoms with van der Waals surface area (Å²) >= 11 is 0. The Morgan fingerprint density at radius 3 is 2.29 bits per heavy atom. The third-order valence-corrected chi connectivity index (χ3v) is 4.30. The van der Waals surface area contributed by atoms with Crippen LogP contribution in [0, 0.1) is 12.7 Å². The molecule has 0 saturated carbocycles. The highest BCUT2D eigenvalue weighted by atomic mass is 19.1. The number of rotatable bonds is 4. The Morgan fingerprint density at radius 2 is 1.68 bits per heavy atom. The van der Waals surface area contributed by atoms with E-state index >= 15 is 0 Å². The molecule has 1 aliphatic rings. The molecule has 1 saturated heterocycles. The predicted octanol–water partition coefficient (Wildman–Crippen LogP) is 2.82. The van der Waals surface area contributed by atoms with Gasteiger partial charge in [0.2, 0.25) is 0 Å². The molecule has 0 atom stereocenters. The lowest BCUT2D eigenvalue weighted by atomic mass is 10.0. The highest BCUT2D eigenvalue weighted by Crippen LogP contribution is 2.33. The first-order chi connectivity index (χ1) is 13.4. The first-order valence-electron chi connectivity index (χ1n) is 8.26. The summed E-state index contributed by atoms with van der Waals surface area (Å²) in [5.74, 6) is -1.15. The Balaban J connectivity index is 2.07. The first-order valence-corrected chi connectivity index (χ1v) is 8.26. The van der Waals surface area contributed by atoms with Crippen molar-refractivity contribution in [3.63, 3.8) is 0 Å². The van der Waals surface area contributed by atoms with E-state index in [9.17, 15) is 18.8 Å². The molecular formula is C20H17FN2O5. The quantitative estimate of drug-likeness (QED) is 0.647. The van der Waals surface area contributed by atoms with Crippen LogP contribution in [0.1, 0.15) is 11.1 Å². The summed E-state index contributed by atoms with van der Waals surface area (Å²) < 4.78 is 23.8. The lowest BCUT2D eigenvalue weighted by Crippen LogP contribution is -2.54. The van der Waals surface area contributed by atoms with E-state index in [1.54, 1.807) is 19.1 Å². The number of benzene rings is 2. The van der Waals surface area contributed by atoms with Crippen LogP contribution in [0.15, 0.2) is 42.0 Å². The minimum Gasteiger partial charge on any atom is -0.496 e. The summed E-state index contributed by atoms with van der Waals surface area (Å²) in [4.78, 5) is 38.1. The normalized spacial score (nSPS) is 15.6. The molecule has 0 aromatic heterocycles. The second-order valence-electron chi connectivity index (χ2n) is 5.95. The molecule has 1 heterocycles. The minimum atomic E-state index is -0.906. The Kier molecular flexibility index (Phi) is 5.12. The number of hydrogen-bond donors (Lipinski definition) is 1. The van der Waals surface area contributed by atoms with Crippen molar-refractivity contribution in [2.45, 2.75) is 6.92 Å². The molecule has 0 bridgehead atoms. The smallest absolute Gasteiger partial charge is 0.335 e. The molecular weight excluding hydrogens is 367 g/mol. The number of amides is 4. The van der Waals surface area contributed by atoms with E-state index in [1.807, 2.05) is 0 Å². The summed E-state index contributed by atoms with van der Waals surface area (Å²) in [7, 11) is 2.98. The van der Waals surface area contributed by atoms with Gasteiger partial charge in [-0.05, 0) is 49.4 Å². The van der Waals surface area contributed by atoms with E-state index in [2.05, 4.69) is 5.32 Å². The molecule has 2 aromatic rings. The molecule has 4 amide bonds. The van der Waals surface area contributed by atoms with Crippen molar-refractivity contribution in [2.75, 3.05) is 19.1 Å². The predicted molar refractivity (Wildman–Crippen MR) is 99.7 cm³/mol. The average Bonchev–Trinajstić information content (AvgIpc) is 2.66. The number of nitrogens with zero attached hydrogens (tertiary/aromatic N) is 1. The fourth-order valence-electron chi connectivity index (χ4n) is 2.94. The second-order valence-corrected chi connectivity index (χ2v) is 5.95. The number of halogens is 1. The van der Waals surface area contributed by atoms with Gasteiger partial charge >= 0.3 is 6.03 Å². The zero-order valence-electron chi connectivity index (χ0n) is 15.4. The maximum atomic E-state index is 13.2. The van der Waals surface area contributed by atoms with Gasteiger partial charge in [-0.2, -0.15) is 0 Å². The van der Waals surface area contributed by atoms with E-state index in [1.165, 1.54) is 32.4 Å². The van der Waals surface area contributed by atoms with E-state index in [4.69, 9.17) is 9.47 Å². The fraction of sp³-hybridized carbons (Fsp3) is 0.150. The largest absolute Gasteiger partial charge is 0.496 e. The van der Waals surface area contributed by atoms with Crippen molar-refractivity contribution in [3.8, 4) is 11.5 Å². The van der Waals surface area contributed by atoms with Crippen LogP contribution in [-0.2, 0) is 9.59 Å². The number of barbiturate groups is 1. The zero-order chi connectivity index (χ0) is 20.4. The molecule has 2 aromatic carbocycles. The van der Waals surface area contributed by atoms with Crippen molar-refractivity contribution < 1.29 is 28.2 Å². The summed E-state index contributed by atoms with van der Waals surface area (Å²) in [5, 5.41) is 2.12. The van der Waals surface area contributed by atoms with Crippen molar-refractivity contribution in [2.24, 2.45) is 0 Å².